The number of benzene rings is 1. The van der Waals surface area contributed by atoms with Gasteiger partial charge in [0.2, 0.25) is 35.4 Å². The molecule has 59 heavy (non-hydrogen) atoms. The van der Waals surface area contributed by atoms with Crippen LogP contribution in [0.3, 0.4) is 0 Å². The lowest BCUT2D eigenvalue weighted by Crippen LogP contribution is -2.60. The Morgan fingerprint density at radius 2 is 1.47 bits per heavy atom. The van der Waals surface area contributed by atoms with Crippen molar-refractivity contribution in [1.82, 2.24) is 36.9 Å². The maximum Gasteiger partial charge on any atom is 0.328 e. The van der Waals surface area contributed by atoms with E-state index in [-0.39, 0.29) is 43.7 Å². The fourth-order valence-electron chi connectivity index (χ4n) is 5.71. The van der Waals surface area contributed by atoms with Gasteiger partial charge < -0.3 is 68.8 Å². The van der Waals surface area contributed by atoms with Crippen LogP contribution in [-0.4, -0.2) is 146 Å². The lowest BCUT2D eigenvalue weighted by Gasteiger charge is -2.26. The second kappa shape index (κ2) is 23.8. The molecule has 1 saturated heterocycles. The molecule has 22 nitrogen and oxygen atoms in total. The molecular formula is C35H49N9O13S2. The second-order valence-corrected chi connectivity index (χ2v) is 16.0. The minimum atomic E-state index is -1.79. The number of aromatic amines is 1. The molecule has 0 spiro atoms. The highest BCUT2D eigenvalue weighted by Gasteiger charge is 2.35. The zero-order valence-electron chi connectivity index (χ0n) is 31.6. The first-order valence-corrected chi connectivity index (χ1v) is 20.9. The number of rotatable bonds is 17. The van der Waals surface area contributed by atoms with Gasteiger partial charge in [-0.2, -0.15) is 0 Å². The Kier molecular flexibility index (Phi) is 19.4. The SMILES string of the molecule is NCCCC[C@@H]1NC(=O)[C@H](CC(=O)O)NC(=O)[C@@H](NC(=O)[C@@H](N)CCC(=O)O)CSSC[C@@H](C(=O)N[C@@H](CO)C(=O)O)NC(=O)[C@H](Cc2c[nH]c3ccccc23)NC1=O. The quantitative estimate of drug-likeness (QED) is 0.0553. The monoisotopic (exact) mass is 867 g/mol. The summed E-state index contributed by atoms with van der Waals surface area (Å²) < 4.78 is 0. The number of hydrogen-bond acceptors (Lipinski definition) is 14. The zero-order valence-corrected chi connectivity index (χ0v) is 33.3. The third kappa shape index (κ3) is 15.4. The van der Waals surface area contributed by atoms with E-state index in [4.69, 9.17) is 16.6 Å². The molecule has 1 aromatic heterocycles. The van der Waals surface area contributed by atoms with E-state index < -0.39 is 115 Å². The molecule has 0 unspecified atom stereocenters. The van der Waals surface area contributed by atoms with Gasteiger partial charge in [-0.3, -0.25) is 38.4 Å². The molecule has 15 N–H and O–H groups in total. The van der Waals surface area contributed by atoms with Gasteiger partial charge in [-0.15, -0.1) is 0 Å². The van der Waals surface area contributed by atoms with Crippen molar-refractivity contribution in [1.29, 1.82) is 0 Å². The van der Waals surface area contributed by atoms with Crippen LogP contribution in [0.2, 0.25) is 0 Å². The van der Waals surface area contributed by atoms with Crippen LogP contribution < -0.4 is 43.4 Å². The number of aliphatic hydroxyl groups excluding tert-OH is 1. The number of H-pyrrole nitrogens is 1. The highest BCUT2D eigenvalue weighted by Crippen LogP contribution is 2.24. The molecule has 1 aliphatic rings. The number of unbranched alkanes of at least 4 members (excludes halogenated alkanes) is 1. The highest BCUT2D eigenvalue weighted by molar-refractivity contribution is 8.76. The van der Waals surface area contributed by atoms with Crippen molar-refractivity contribution in [3.8, 4) is 0 Å². The molecule has 0 saturated carbocycles. The van der Waals surface area contributed by atoms with Gasteiger partial charge >= 0.3 is 17.9 Å². The van der Waals surface area contributed by atoms with Gasteiger partial charge in [0.25, 0.3) is 0 Å². The summed E-state index contributed by atoms with van der Waals surface area (Å²) in [5.41, 5.74) is 12.8. The molecule has 1 fully saturated rings. The first-order chi connectivity index (χ1) is 28.0. The predicted octanol–water partition coefficient (Wildman–Crippen LogP) is -3.11. The predicted molar refractivity (Wildman–Crippen MR) is 213 cm³/mol. The van der Waals surface area contributed by atoms with Crippen LogP contribution in [0.25, 0.3) is 10.9 Å². The van der Waals surface area contributed by atoms with Crippen LogP contribution in [0, 0.1) is 0 Å². The van der Waals surface area contributed by atoms with Gasteiger partial charge in [0, 0.05) is 41.4 Å². The molecule has 7 atom stereocenters. The average molecular weight is 868 g/mol. The number of para-hydroxylation sites is 1. The van der Waals surface area contributed by atoms with Crippen molar-refractivity contribution in [2.75, 3.05) is 24.7 Å². The van der Waals surface area contributed by atoms with Crippen LogP contribution in [0.5, 0.6) is 0 Å². The van der Waals surface area contributed by atoms with Gasteiger partial charge in [-0.25, -0.2) is 4.79 Å². The number of amides is 6. The number of fused-ring (bicyclic) bond motifs is 1. The van der Waals surface area contributed by atoms with Crippen LogP contribution in [0.15, 0.2) is 30.5 Å². The molecule has 0 aliphatic carbocycles. The standard InChI is InChI=1S/C35H49N9O13S2/c36-10-4-3-7-21-30(51)40-22(11-17-13-38-20-6-2-1-5-18(17)20)31(52)44-26(34(55)42-24(14-45)35(56)57)16-59-58-15-25(43-29(50)19(37)8-9-27(46)47)33(54)41-23(12-28(48)49)32(53)39-21/h1-2,5-6,13,19,21-26,38,45H,3-4,7-12,14-16,36-37H2,(H,39,53)(H,40,51)(H,41,54)(H,42,55)(H,43,50)(H,44,52)(H,46,47)(H,48,49)(H,56,57)/t19-,21-,22-,23-,24-,25-,26-/m0/s1. The first-order valence-electron chi connectivity index (χ1n) is 18.4. The third-order valence-electron chi connectivity index (χ3n) is 8.95. The van der Waals surface area contributed by atoms with E-state index in [0.717, 1.165) is 21.6 Å². The maximum absolute atomic E-state index is 14.1. The van der Waals surface area contributed by atoms with Gasteiger partial charge in [-0.05, 0) is 43.9 Å². The summed E-state index contributed by atoms with van der Waals surface area (Å²) in [4.78, 5) is 120. The molecule has 324 valence electrons. The Balaban J connectivity index is 2.08. The van der Waals surface area contributed by atoms with E-state index in [0.29, 0.717) is 22.9 Å². The van der Waals surface area contributed by atoms with Crippen molar-refractivity contribution in [2.45, 2.75) is 87.2 Å². The van der Waals surface area contributed by atoms with Gasteiger partial charge in [0.05, 0.1) is 19.1 Å². The molecule has 1 aromatic carbocycles. The summed E-state index contributed by atoms with van der Waals surface area (Å²) in [5.74, 6) is -10.9. The third-order valence-corrected chi connectivity index (χ3v) is 11.4. The van der Waals surface area contributed by atoms with Crippen molar-refractivity contribution in [3.05, 3.63) is 36.0 Å². The molecule has 3 rings (SSSR count). The summed E-state index contributed by atoms with van der Waals surface area (Å²) in [6.45, 7) is -0.773. The van der Waals surface area contributed by atoms with Crippen molar-refractivity contribution in [2.24, 2.45) is 11.5 Å². The van der Waals surface area contributed by atoms with Gasteiger partial charge in [0.1, 0.15) is 36.3 Å². The van der Waals surface area contributed by atoms with Gasteiger partial charge in [0.15, 0.2) is 0 Å². The minimum Gasteiger partial charge on any atom is -0.481 e. The molecule has 6 amide bonds. The normalized spacial score (nSPS) is 22.1. The van der Waals surface area contributed by atoms with Crippen molar-refractivity contribution < 1.29 is 63.6 Å². The number of aliphatic hydroxyl groups is 1. The second-order valence-electron chi connectivity index (χ2n) is 13.4. The highest BCUT2D eigenvalue weighted by atomic mass is 33.1. The number of nitrogens with one attached hydrogen (secondary N) is 7. The average Bonchev–Trinajstić information content (AvgIpc) is 3.60. The lowest BCUT2D eigenvalue weighted by molar-refractivity contribution is -0.143. The Morgan fingerprint density at radius 1 is 0.831 bits per heavy atom. The summed E-state index contributed by atoms with van der Waals surface area (Å²) in [6.07, 6.45) is 0.370. The maximum atomic E-state index is 14.1. The fourth-order valence-corrected chi connectivity index (χ4v) is 8.04. The number of hydrogen-bond donors (Lipinski definition) is 13. The van der Waals surface area contributed by atoms with E-state index >= 15 is 0 Å². The number of carbonyl (C=O) groups excluding carboxylic acids is 6. The Morgan fingerprint density at radius 3 is 2.14 bits per heavy atom. The molecule has 2 heterocycles. The van der Waals surface area contributed by atoms with E-state index in [1.54, 1.807) is 30.5 Å². The largest absolute Gasteiger partial charge is 0.481 e. The van der Waals surface area contributed by atoms with Crippen molar-refractivity contribution >= 4 is 85.8 Å². The molecule has 24 heteroatoms. The Labute approximate surface area is 344 Å². The van der Waals surface area contributed by atoms with Crippen LogP contribution in [0.1, 0.15) is 44.1 Å². The smallest absolute Gasteiger partial charge is 0.328 e. The number of nitrogens with two attached hydrogens (primary N) is 2. The van der Waals surface area contributed by atoms with Crippen LogP contribution in [0.4, 0.5) is 0 Å². The molecule has 0 bridgehead atoms. The minimum absolute atomic E-state index is 0.0487. The Bertz CT molecular complexity index is 1850. The number of carboxylic acids is 3. The van der Waals surface area contributed by atoms with Gasteiger partial charge in [-0.1, -0.05) is 39.8 Å². The number of aliphatic carboxylic acids is 3. The molecule has 0 radical (unpaired) electrons. The van der Waals surface area contributed by atoms with E-state index in [1.807, 2.05) is 0 Å². The van der Waals surface area contributed by atoms with Crippen LogP contribution in [-0.2, 0) is 49.6 Å². The molecular weight excluding hydrogens is 819 g/mol. The molecule has 2 aromatic rings. The Hall–Kier alpha value is -5.43. The number of carboxylic acid groups (broad SMARTS) is 3. The van der Waals surface area contributed by atoms with E-state index in [2.05, 4.69) is 36.9 Å². The summed E-state index contributed by atoms with van der Waals surface area (Å²) >= 11 is 0. The van der Waals surface area contributed by atoms with Crippen molar-refractivity contribution in [3.63, 3.8) is 0 Å². The summed E-state index contributed by atoms with van der Waals surface area (Å²) in [5, 5.41) is 52.8. The van der Waals surface area contributed by atoms with E-state index in [1.165, 1.54) is 0 Å². The number of aromatic nitrogens is 1. The fraction of sp³-hybridized carbons (Fsp3) is 0.514. The summed E-state index contributed by atoms with van der Waals surface area (Å²) in [7, 11) is 1.75. The molecule has 1 aliphatic heterocycles. The summed E-state index contributed by atoms with van der Waals surface area (Å²) in [6, 6.07) is -3.72. The first kappa shape index (κ1) is 47.9. The van der Waals surface area contributed by atoms with E-state index in [9.17, 15) is 58.5 Å². The number of carbonyl (C=O) groups is 9. The topological polar surface area (TPSA) is 375 Å². The lowest BCUT2D eigenvalue weighted by atomic mass is 10.0. The van der Waals surface area contributed by atoms with Crippen LogP contribution >= 0.6 is 21.6 Å². The zero-order chi connectivity index (χ0) is 43.6.